The molecule has 2 N–H and O–H groups in total. The zero-order valence-corrected chi connectivity index (χ0v) is 9.36. The van der Waals surface area contributed by atoms with Gasteiger partial charge in [-0.15, -0.1) is 0 Å². The third-order valence-electron chi connectivity index (χ3n) is 2.35. The Hall–Kier alpha value is -0.900. The second-order valence-electron chi connectivity index (χ2n) is 3.81. The third kappa shape index (κ3) is 4.00. The summed E-state index contributed by atoms with van der Waals surface area (Å²) in [6, 6.07) is 9.66. The van der Waals surface area contributed by atoms with Crippen LogP contribution in [-0.2, 0) is 10.3 Å². The van der Waals surface area contributed by atoms with Gasteiger partial charge in [0.2, 0.25) is 0 Å². The van der Waals surface area contributed by atoms with Crippen LogP contribution in [0.15, 0.2) is 30.3 Å². The summed E-state index contributed by atoms with van der Waals surface area (Å²) >= 11 is 0. The quantitative estimate of drug-likeness (QED) is 0.690. The summed E-state index contributed by atoms with van der Waals surface area (Å²) in [6.45, 7) is 3.74. The summed E-state index contributed by atoms with van der Waals surface area (Å²) in [6.07, 6.45) is 0. The van der Waals surface area contributed by atoms with E-state index in [2.05, 4.69) is 5.32 Å². The molecule has 0 aromatic heterocycles. The summed E-state index contributed by atoms with van der Waals surface area (Å²) in [7, 11) is 1.66. The van der Waals surface area contributed by atoms with Gasteiger partial charge in [0.15, 0.2) is 0 Å². The van der Waals surface area contributed by atoms with E-state index in [4.69, 9.17) is 4.74 Å². The Bertz CT molecular complexity index is 272. The van der Waals surface area contributed by atoms with Crippen molar-refractivity contribution in [1.82, 2.24) is 5.32 Å². The minimum absolute atomic E-state index is 0.528. The van der Waals surface area contributed by atoms with E-state index in [9.17, 15) is 5.11 Å². The fourth-order valence-corrected chi connectivity index (χ4v) is 1.41. The highest BCUT2D eigenvalue weighted by atomic mass is 16.5. The average molecular weight is 209 g/mol. The van der Waals surface area contributed by atoms with Crippen molar-refractivity contribution in [3.8, 4) is 0 Å². The van der Waals surface area contributed by atoms with Gasteiger partial charge in [-0.25, -0.2) is 0 Å². The Labute approximate surface area is 91.1 Å². The standard InChI is InChI=1S/C12H19NO2/c1-12(14,10-13-8-9-15-2)11-6-4-3-5-7-11/h3-7,13-14H,8-10H2,1-2H3. The van der Waals surface area contributed by atoms with Gasteiger partial charge < -0.3 is 15.2 Å². The van der Waals surface area contributed by atoms with Crippen molar-refractivity contribution in [2.24, 2.45) is 0 Å². The van der Waals surface area contributed by atoms with Crippen LogP contribution in [0.1, 0.15) is 12.5 Å². The molecule has 1 aromatic carbocycles. The molecule has 0 saturated carbocycles. The molecule has 0 aliphatic rings. The Morgan fingerprint density at radius 3 is 2.60 bits per heavy atom. The highest BCUT2D eigenvalue weighted by molar-refractivity contribution is 5.21. The van der Waals surface area contributed by atoms with Crippen molar-refractivity contribution in [2.75, 3.05) is 26.8 Å². The molecule has 0 saturated heterocycles. The lowest BCUT2D eigenvalue weighted by Crippen LogP contribution is -2.36. The lowest BCUT2D eigenvalue weighted by molar-refractivity contribution is 0.0550. The van der Waals surface area contributed by atoms with E-state index in [1.165, 1.54) is 0 Å². The van der Waals surface area contributed by atoms with Gasteiger partial charge in [-0.05, 0) is 12.5 Å². The maximum Gasteiger partial charge on any atom is 0.0992 e. The Balaban J connectivity index is 2.45. The van der Waals surface area contributed by atoms with Crippen molar-refractivity contribution in [3.05, 3.63) is 35.9 Å². The van der Waals surface area contributed by atoms with Gasteiger partial charge in [0.05, 0.1) is 12.2 Å². The number of ether oxygens (including phenoxy) is 1. The Morgan fingerprint density at radius 2 is 2.00 bits per heavy atom. The van der Waals surface area contributed by atoms with Crippen LogP contribution in [0.3, 0.4) is 0 Å². The first kappa shape index (κ1) is 12.2. The normalized spacial score (nSPS) is 14.9. The molecule has 1 atom stereocenters. The molecule has 3 heteroatoms. The first-order valence-corrected chi connectivity index (χ1v) is 5.14. The van der Waals surface area contributed by atoms with Gasteiger partial charge in [0.1, 0.15) is 0 Å². The van der Waals surface area contributed by atoms with Crippen LogP contribution in [0.4, 0.5) is 0 Å². The minimum Gasteiger partial charge on any atom is -0.384 e. The number of rotatable bonds is 6. The van der Waals surface area contributed by atoms with Crippen molar-refractivity contribution < 1.29 is 9.84 Å². The van der Waals surface area contributed by atoms with Crippen LogP contribution in [0.2, 0.25) is 0 Å². The topological polar surface area (TPSA) is 41.5 Å². The zero-order valence-electron chi connectivity index (χ0n) is 9.36. The third-order valence-corrected chi connectivity index (χ3v) is 2.35. The van der Waals surface area contributed by atoms with Crippen molar-refractivity contribution >= 4 is 0 Å². The molecule has 0 aliphatic heterocycles. The van der Waals surface area contributed by atoms with Gasteiger partial charge in [0.25, 0.3) is 0 Å². The molecule has 0 aliphatic carbocycles. The van der Waals surface area contributed by atoms with Gasteiger partial charge in [-0.2, -0.15) is 0 Å². The highest BCUT2D eigenvalue weighted by Gasteiger charge is 2.21. The molecule has 0 fully saturated rings. The number of aliphatic hydroxyl groups is 1. The summed E-state index contributed by atoms with van der Waals surface area (Å²) in [5.74, 6) is 0. The Kier molecular flexibility index (Phi) is 4.75. The molecule has 1 unspecified atom stereocenters. The summed E-state index contributed by atoms with van der Waals surface area (Å²) in [4.78, 5) is 0. The van der Waals surface area contributed by atoms with Crippen LogP contribution in [0.5, 0.6) is 0 Å². The molecule has 84 valence electrons. The summed E-state index contributed by atoms with van der Waals surface area (Å²) < 4.78 is 4.92. The van der Waals surface area contributed by atoms with Gasteiger partial charge in [-0.3, -0.25) is 0 Å². The second kappa shape index (κ2) is 5.85. The average Bonchev–Trinajstić information content (AvgIpc) is 2.26. The van der Waals surface area contributed by atoms with Crippen LogP contribution >= 0.6 is 0 Å². The van der Waals surface area contributed by atoms with Crippen LogP contribution in [-0.4, -0.2) is 31.9 Å². The SMILES string of the molecule is COCCNCC(C)(O)c1ccccc1. The van der Waals surface area contributed by atoms with Crippen LogP contribution in [0.25, 0.3) is 0 Å². The molecule has 3 nitrogen and oxygen atoms in total. The van der Waals surface area contributed by atoms with Crippen LogP contribution in [0, 0.1) is 0 Å². The van der Waals surface area contributed by atoms with Gasteiger partial charge >= 0.3 is 0 Å². The predicted molar refractivity (Wildman–Crippen MR) is 60.8 cm³/mol. The van der Waals surface area contributed by atoms with E-state index in [0.717, 1.165) is 12.1 Å². The van der Waals surface area contributed by atoms with Crippen molar-refractivity contribution in [3.63, 3.8) is 0 Å². The molecule has 1 rings (SSSR count). The smallest absolute Gasteiger partial charge is 0.0992 e. The maximum absolute atomic E-state index is 10.2. The van der Waals surface area contributed by atoms with Crippen molar-refractivity contribution in [2.45, 2.75) is 12.5 Å². The van der Waals surface area contributed by atoms with E-state index < -0.39 is 5.60 Å². The highest BCUT2D eigenvalue weighted by Crippen LogP contribution is 2.18. The minimum atomic E-state index is -0.824. The number of benzene rings is 1. The van der Waals surface area contributed by atoms with E-state index in [-0.39, 0.29) is 0 Å². The largest absolute Gasteiger partial charge is 0.384 e. The van der Waals surface area contributed by atoms with E-state index in [1.54, 1.807) is 7.11 Å². The predicted octanol–water partition coefficient (Wildman–Crippen LogP) is 1.13. The fraction of sp³-hybridized carbons (Fsp3) is 0.500. The number of nitrogens with one attached hydrogen (secondary N) is 1. The maximum atomic E-state index is 10.2. The number of methoxy groups -OCH3 is 1. The second-order valence-corrected chi connectivity index (χ2v) is 3.81. The molecule has 0 heterocycles. The van der Waals surface area contributed by atoms with E-state index >= 15 is 0 Å². The van der Waals surface area contributed by atoms with Gasteiger partial charge in [-0.1, -0.05) is 30.3 Å². The Morgan fingerprint density at radius 1 is 1.33 bits per heavy atom. The molecule has 15 heavy (non-hydrogen) atoms. The number of hydrogen-bond acceptors (Lipinski definition) is 3. The van der Waals surface area contributed by atoms with Crippen LogP contribution < -0.4 is 5.32 Å². The molecule has 0 spiro atoms. The summed E-state index contributed by atoms with van der Waals surface area (Å²) in [5.41, 5.74) is 0.101. The molecule has 0 amide bonds. The first-order valence-electron chi connectivity index (χ1n) is 5.14. The lowest BCUT2D eigenvalue weighted by Gasteiger charge is -2.24. The molecule has 0 bridgehead atoms. The lowest BCUT2D eigenvalue weighted by atomic mass is 9.96. The monoisotopic (exact) mass is 209 g/mol. The molecule has 0 radical (unpaired) electrons. The molecule has 1 aromatic rings. The zero-order chi connectivity index (χ0) is 11.1. The van der Waals surface area contributed by atoms with Crippen molar-refractivity contribution in [1.29, 1.82) is 0 Å². The number of hydrogen-bond donors (Lipinski definition) is 2. The van der Waals surface area contributed by atoms with E-state index in [0.29, 0.717) is 13.2 Å². The first-order chi connectivity index (χ1) is 7.17. The molecular formula is C12H19NO2. The molecular weight excluding hydrogens is 190 g/mol. The summed E-state index contributed by atoms with van der Waals surface area (Å²) in [5, 5.41) is 13.3. The van der Waals surface area contributed by atoms with Gasteiger partial charge in [0, 0.05) is 20.2 Å². The van der Waals surface area contributed by atoms with E-state index in [1.807, 2.05) is 37.3 Å². The fourth-order valence-electron chi connectivity index (χ4n) is 1.41.